The fourth-order valence-corrected chi connectivity index (χ4v) is 2.07. The van der Waals surface area contributed by atoms with E-state index < -0.39 is 0 Å². The van der Waals surface area contributed by atoms with Crippen LogP contribution < -0.4 is 5.73 Å². The third-order valence-corrected chi connectivity index (χ3v) is 2.90. The summed E-state index contributed by atoms with van der Waals surface area (Å²) in [6, 6.07) is 1.60. The average Bonchev–Trinajstić information content (AvgIpc) is 2.37. The number of hydrogen-bond acceptors (Lipinski definition) is 5. The molecule has 2 atom stereocenters. The third-order valence-electron chi connectivity index (χ3n) is 2.90. The number of ether oxygens (including phenoxy) is 1. The van der Waals surface area contributed by atoms with Gasteiger partial charge in [-0.15, -0.1) is 0 Å². The molecule has 1 aliphatic rings. The van der Waals surface area contributed by atoms with Crippen molar-refractivity contribution < 1.29 is 14.6 Å². The van der Waals surface area contributed by atoms with E-state index in [1.807, 2.05) is 6.92 Å². The van der Waals surface area contributed by atoms with Crippen LogP contribution in [0.15, 0.2) is 18.5 Å². The molecular weight excluding hydrogens is 234 g/mol. The van der Waals surface area contributed by atoms with Gasteiger partial charge < -0.3 is 20.5 Å². The maximum absolute atomic E-state index is 12.3. The van der Waals surface area contributed by atoms with Gasteiger partial charge in [-0.1, -0.05) is 0 Å². The Bertz CT molecular complexity index is 438. The van der Waals surface area contributed by atoms with Gasteiger partial charge >= 0.3 is 0 Å². The molecule has 2 rings (SSSR count). The number of aromatic nitrogens is 1. The van der Waals surface area contributed by atoms with Crippen LogP contribution in [0, 0.1) is 0 Å². The molecule has 1 aromatic heterocycles. The number of carbonyl (C=O) groups is 1. The molecule has 6 nitrogen and oxygen atoms in total. The SMILES string of the molecule is CC1CN(C(=O)c2cnccc2N)CC(CO)O1. The van der Waals surface area contributed by atoms with E-state index in [1.165, 1.54) is 6.20 Å². The molecule has 1 saturated heterocycles. The zero-order chi connectivity index (χ0) is 13.1. The molecular formula is C12H17N3O3. The maximum Gasteiger partial charge on any atom is 0.257 e. The first-order valence-corrected chi connectivity index (χ1v) is 5.87. The Labute approximate surface area is 105 Å². The highest BCUT2D eigenvalue weighted by atomic mass is 16.5. The summed E-state index contributed by atoms with van der Waals surface area (Å²) in [6.45, 7) is 2.63. The number of nitrogens with zero attached hydrogens (tertiary/aromatic N) is 2. The minimum absolute atomic E-state index is 0.0993. The normalized spacial score (nSPS) is 24.0. The predicted octanol–water partition coefficient (Wildman–Crippen LogP) is -0.114. The average molecular weight is 251 g/mol. The number of aliphatic hydroxyl groups is 1. The Morgan fingerprint density at radius 2 is 2.44 bits per heavy atom. The van der Waals surface area contributed by atoms with Crippen LogP contribution in [-0.2, 0) is 4.74 Å². The molecule has 0 radical (unpaired) electrons. The molecule has 6 heteroatoms. The summed E-state index contributed by atoms with van der Waals surface area (Å²) in [5.41, 5.74) is 6.57. The number of amides is 1. The maximum atomic E-state index is 12.3. The van der Waals surface area contributed by atoms with Crippen LogP contribution in [0.5, 0.6) is 0 Å². The van der Waals surface area contributed by atoms with E-state index in [-0.39, 0.29) is 24.7 Å². The van der Waals surface area contributed by atoms with E-state index in [4.69, 9.17) is 15.6 Å². The Morgan fingerprint density at radius 3 is 3.11 bits per heavy atom. The van der Waals surface area contributed by atoms with Gasteiger partial charge in [0.15, 0.2) is 0 Å². The topological polar surface area (TPSA) is 88.7 Å². The number of carbonyl (C=O) groups excluding carboxylic acids is 1. The standard InChI is InChI=1S/C12H17N3O3/c1-8-5-15(6-9(7-16)18-8)12(17)10-4-14-3-2-11(10)13/h2-4,8-9,16H,5-7H2,1H3,(H2,13,14). The first kappa shape index (κ1) is 12.8. The lowest BCUT2D eigenvalue weighted by Gasteiger charge is -2.36. The number of nitrogen functional groups attached to an aromatic ring is 1. The smallest absolute Gasteiger partial charge is 0.257 e. The number of anilines is 1. The van der Waals surface area contributed by atoms with Crippen LogP contribution in [0.25, 0.3) is 0 Å². The van der Waals surface area contributed by atoms with E-state index >= 15 is 0 Å². The highest BCUT2D eigenvalue weighted by Gasteiger charge is 2.29. The second kappa shape index (κ2) is 5.32. The fourth-order valence-electron chi connectivity index (χ4n) is 2.07. The number of pyridine rings is 1. The minimum atomic E-state index is -0.337. The third kappa shape index (κ3) is 2.60. The molecule has 18 heavy (non-hydrogen) atoms. The summed E-state index contributed by atoms with van der Waals surface area (Å²) in [6.07, 6.45) is 2.57. The van der Waals surface area contributed by atoms with Gasteiger partial charge in [-0.05, 0) is 13.0 Å². The summed E-state index contributed by atoms with van der Waals surface area (Å²) < 4.78 is 5.49. The largest absolute Gasteiger partial charge is 0.398 e. The quantitative estimate of drug-likeness (QED) is 0.765. The van der Waals surface area contributed by atoms with Crippen molar-refractivity contribution in [3.63, 3.8) is 0 Å². The highest BCUT2D eigenvalue weighted by molar-refractivity contribution is 5.98. The summed E-state index contributed by atoms with van der Waals surface area (Å²) in [5.74, 6) is -0.172. The lowest BCUT2D eigenvalue weighted by Crippen LogP contribution is -2.50. The van der Waals surface area contributed by atoms with E-state index in [0.29, 0.717) is 24.3 Å². The van der Waals surface area contributed by atoms with Crippen LogP contribution in [0.2, 0.25) is 0 Å². The number of rotatable bonds is 2. The van der Waals surface area contributed by atoms with E-state index in [1.54, 1.807) is 17.2 Å². The van der Waals surface area contributed by atoms with Gasteiger partial charge in [0.1, 0.15) is 0 Å². The van der Waals surface area contributed by atoms with E-state index in [9.17, 15) is 4.79 Å². The molecule has 0 spiro atoms. The number of aliphatic hydroxyl groups excluding tert-OH is 1. The first-order valence-electron chi connectivity index (χ1n) is 5.87. The van der Waals surface area contributed by atoms with Gasteiger partial charge in [0, 0.05) is 31.2 Å². The number of hydrogen-bond donors (Lipinski definition) is 2. The minimum Gasteiger partial charge on any atom is -0.398 e. The van der Waals surface area contributed by atoms with Gasteiger partial charge in [-0.2, -0.15) is 0 Å². The molecule has 3 N–H and O–H groups in total. The zero-order valence-electron chi connectivity index (χ0n) is 10.2. The molecule has 0 bridgehead atoms. The summed E-state index contributed by atoms with van der Waals surface area (Å²) in [4.78, 5) is 17.8. The molecule has 1 fully saturated rings. The van der Waals surface area contributed by atoms with E-state index in [0.717, 1.165) is 0 Å². The van der Waals surface area contributed by atoms with Gasteiger partial charge in [-0.25, -0.2) is 0 Å². The first-order chi connectivity index (χ1) is 8.61. The van der Waals surface area contributed by atoms with Crippen molar-refractivity contribution in [1.29, 1.82) is 0 Å². The highest BCUT2D eigenvalue weighted by Crippen LogP contribution is 2.17. The van der Waals surface area contributed by atoms with Gasteiger partial charge in [0.05, 0.1) is 24.4 Å². The van der Waals surface area contributed by atoms with Crippen molar-refractivity contribution in [2.75, 3.05) is 25.4 Å². The van der Waals surface area contributed by atoms with Crippen LogP contribution in [-0.4, -0.2) is 52.8 Å². The molecule has 0 aromatic carbocycles. The van der Waals surface area contributed by atoms with Crippen molar-refractivity contribution in [3.05, 3.63) is 24.0 Å². The van der Waals surface area contributed by atoms with Gasteiger partial charge in [-0.3, -0.25) is 9.78 Å². The monoisotopic (exact) mass is 251 g/mol. The summed E-state index contributed by atoms with van der Waals surface area (Å²) in [5, 5.41) is 9.13. The Balaban J connectivity index is 2.16. The fraction of sp³-hybridized carbons (Fsp3) is 0.500. The van der Waals surface area contributed by atoms with Crippen LogP contribution in [0.3, 0.4) is 0 Å². The Hall–Kier alpha value is -1.66. The van der Waals surface area contributed by atoms with Crippen LogP contribution >= 0.6 is 0 Å². The van der Waals surface area contributed by atoms with Crippen LogP contribution in [0.4, 0.5) is 5.69 Å². The summed E-state index contributed by atoms with van der Waals surface area (Å²) in [7, 11) is 0. The molecule has 2 unspecified atom stereocenters. The van der Waals surface area contributed by atoms with Crippen molar-refractivity contribution in [3.8, 4) is 0 Å². The molecule has 0 saturated carbocycles. The molecule has 2 heterocycles. The predicted molar refractivity (Wildman–Crippen MR) is 66.0 cm³/mol. The van der Waals surface area contributed by atoms with E-state index in [2.05, 4.69) is 4.98 Å². The van der Waals surface area contributed by atoms with Crippen LogP contribution in [0.1, 0.15) is 17.3 Å². The van der Waals surface area contributed by atoms with Gasteiger partial charge in [0.2, 0.25) is 0 Å². The van der Waals surface area contributed by atoms with Gasteiger partial charge in [0.25, 0.3) is 5.91 Å². The van der Waals surface area contributed by atoms with Crippen molar-refractivity contribution in [2.45, 2.75) is 19.1 Å². The number of morpholine rings is 1. The van der Waals surface area contributed by atoms with Crippen molar-refractivity contribution in [1.82, 2.24) is 9.88 Å². The second-order valence-corrected chi connectivity index (χ2v) is 4.42. The second-order valence-electron chi connectivity index (χ2n) is 4.42. The molecule has 1 aromatic rings. The summed E-state index contributed by atoms with van der Waals surface area (Å²) >= 11 is 0. The van der Waals surface area contributed by atoms with Crippen molar-refractivity contribution >= 4 is 11.6 Å². The van der Waals surface area contributed by atoms with Crippen molar-refractivity contribution in [2.24, 2.45) is 0 Å². The Kier molecular flexibility index (Phi) is 3.78. The lowest BCUT2D eigenvalue weighted by molar-refractivity contribution is -0.0858. The molecule has 1 amide bonds. The molecule has 0 aliphatic carbocycles. The molecule has 98 valence electrons. The Morgan fingerprint density at radius 1 is 1.67 bits per heavy atom. The zero-order valence-corrected chi connectivity index (χ0v) is 10.2. The lowest BCUT2D eigenvalue weighted by atomic mass is 10.1. The number of nitrogens with two attached hydrogens (primary N) is 1. The molecule has 1 aliphatic heterocycles.